The summed E-state index contributed by atoms with van der Waals surface area (Å²) in [5, 5.41) is 4.28. The maximum absolute atomic E-state index is 13.2. The summed E-state index contributed by atoms with van der Waals surface area (Å²) < 4.78 is 14.9. The second-order valence-corrected chi connectivity index (χ2v) is 7.72. The molecule has 0 aliphatic carbocycles. The quantitative estimate of drug-likeness (QED) is 0.639. The van der Waals surface area contributed by atoms with E-state index in [9.17, 15) is 9.18 Å². The lowest BCUT2D eigenvalue weighted by Crippen LogP contribution is -2.50. The number of carbonyl (C=O) groups is 1. The minimum Gasteiger partial charge on any atom is -0.354 e. The number of fused-ring (bicyclic) bond motifs is 1. The first-order valence-electron chi connectivity index (χ1n) is 10.1. The minimum absolute atomic E-state index is 0.0543. The van der Waals surface area contributed by atoms with E-state index < -0.39 is 0 Å². The summed E-state index contributed by atoms with van der Waals surface area (Å²) in [6, 6.07) is 8.21. The van der Waals surface area contributed by atoms with Crippen LogP contribution in [0.5, 0.6) is 0 Å². The van der Waals surface area contributed by atoms with Crippen LogP contribution in [0, 0.1) is 12.7 Å². The molecule has 0 bridgehead atoms. The lowest BCUT2D eigenvalue weighted by molar-refractivity contribution is -0.133. The smallest absolute Gasteiger partial charge is 0.254 e. The predicted molar refractivity (Wildman–Crippen MR) is 112 cm³/mol. The summed E-state index contributed by atoms with van der Waals surface area (Å²) in [6.45, 7) is 7.42. The summed E-state index contributed by atoms with van der Waals surface area (Å²) in [7, 11) is 1.80. The van der Waals surface area contributed by atoms with Crippen molar-refractivity contribution in [1.82, 2.24) is 29.4 Å². The molecule has 1 aliphatic rings. The van der Waals surface area contributed by atoms with E-state index in [1.165, 1.54) is 18.5 Å². The Labute approximate surface area is 174 Å². The Kier molecular flexibility index (Phi) is 5.63. The molecule has 0 spiro atoms. The van der Waals surface area contributed by atoms with Gasteiger partial charge in [0.2, 0.25) is 5.91 Å². The zero-order valence-corrected chi connectivity index (χ0v) is 17.5. The molecular weight excluding hydrogens is 385 g/mol. The molecule has 1 aromatic carbocycles. The first kappa shape index (κ1) is 20.2. The van der Waals surface area contributed by atoms with E-state index in [4.69, 9.17) is 0 Å². The van der Waals surface area contributed by atoms with Gasteiger partial charge in [-0.25, -0.2) is 9.37 Å². The fraction of sp³-hybridized carbons (Fsp3) is 0.429. The van der Waals surface area contributed by atoms with Crippen molar-refractivity contribution in [2.45, 2.75) is 19.9 Å². The number of benzene rings is 1. The van der Waals surface area contributed by atoms with Crippen LogP contribution < -0.4 is 4.90 Å². The molecule has 1 atom stereocenters. The van der Waals surface area contributed by atoms with Crippen molar-refractivity contribution in [2.24, 2.45) is 0 Å². The molecule has 1 fully saturated rings. The van der Waals surface area contributed by atoms with E-state index in [1.807, 2.05) is 19.9 Å². The number of rotatable bonds is 5. The van der Waals surface area contributed by atoms with Gasteiger partial charge in [0.05, 0.1) is 12.6 Å². The summed E-state index contributed by atoms with van der Waals surface area (Å²) in [5.74, 6) is 1.35. The van der Waals surface area contributed by atoms with Gasteiger partial charge in [0.25, 0.3) is 5.78 Å². The predicted octanol–water partition coefficient (Wildman–Crippen LogP) is 1.91. The fourth-order valence-corrected chi connectivity index (χ4v) is 3.76. The van der Waals surface area contributed by atoms with Crippen molar-refractivity contribution in [3.63, 3.8) is 0 Å². The highest BCUT2D eigenvalue weighted by Crippen LogP contribution is 2.20. The van der Waals surface area contributed by atoms with E-state index in [2.05, 4.69) is 24.9 Å². The molecule has 3 heterocycles. The monoisotopic (exact) mass is 411 g/mol. The number of hydrogen-bond donors (Lipinski definition) is 0. The largest absolute Gasteiger partial charge is 0.354 e. The molecule has 8 nitrogen and oxygen atoms in total. The number of anilines is 1. The molecule has 0 saturated carbocycles. The van der Waals surface area contributed by atoms with Crippen molar-refractivity contribution in [3.8, 4) is 0 Å². The van der Waals surface area contributed by atoms with Gasteiger partial charge in [0.1, 0.15) is 18.0 Å². The van der Waals surface area contributed by atoms with Crippen molar-refractivity contribution < 1.29 is 9.18 Å². The van der Waals surface area contributed by atoms with Crippen LogP contribution in [0.25, 0.3) is 5.78 Å². The van der Waals surface area contributed by atoms with E-state index >= 15 is 0 Å². The van der Waals surface area contributed by atoms with Crippen LogP contribution in [0.15, 0.2) is 36.7 Å². The van der Waals surface area contributed by atoms with Crippen molar-refractivity contribution in [1.29, 1.82) is 0 Å². The third-order valence-corrected chi connectivity index (χ3v) is 5.74. The highest BCUT2D eigenvalue weighted by Gasteiger charge is 2.24. The van der Waals surface area contributed by atoms with Crippen LogP contribution in [0.4, 0.5) is 10.2 Å². The maximum Gasteiger partial charge on any atom is 0.254 e. The Morgan fingerprint density at radius 1 is 1.20 bits per heavy atom. The summed E-state index contributed by atoms with van der Waals surface area (Å²) >= 11 is 0. The zero-order chi connectivity index (χ0) is 21.3. The fourth-order valence-electron chi connectivity index (χ4n) is 3.76. The number of hydrogen-bond acceptors (Lipinski definition) is 6. The van der Waals surface area contributed by atoms with E-state index in [-0.39, 0.29) is 17.8 Å². The molecule has 2 aromatic heterocycles. The van der Waals surface area contributed by atoms with Gasteiger partial charge in [0, 0.05) is 45.0 Å². The third kappa shape index (κ3) is 4.11. The van der Waals surface area contributed by atoms with E-state index in [0.29, 0.717) is 12.3 Å². The molecular formula is C21H26FN7O. The molecule has 158 valence electrons. The molecule has 1 unspecified atom stereocenters. The lowest BCUT2D eigenvalue weighted by atomic mass is 10.1. The number of piperazine rings is 1. The second-order valence-electron chi connectivity index (χ2n) is 7.72. The van der Waals surface area contributed by atoms with Gasteiger partial charge < -0.3 is 9.80 Å². The van der Waals surface area contributed by atoms with Gasteiger partial charge in [-0.1, -0.05) is 12.1 Å². The molecule has 0 N–H and O–H groups in total. The minimum atomic E-state index is -0.273. The van der Waals surface area contributed by atoms with E-state index in [1.54, 1.807) is 28.6 Å². The summed E-state index contributed by atoms with van der Waals surface area (Å²) in [4.78, 5) is 27.5. The third-order valence-electron chi connectivity index (χ3n) is 5.74. The Hall–Kier alpha value is -3.07. The lowest BCUT2D eigenvalue weighted by Gasteiger charge is -2.36. The summed E-state index contributed by atoms with van der Waals surface area (Å²) in [6.07, 6.45) is 1.51. The van der Waals surface area contributed by atoms with Crippen LogP contribution in [0.3, 0.4) is 0 Å². The highest BCUT2D eigenvalue weighted by atomic mass is 19.1. The average Bonchev–Trinajstić information content (AvgIpc) is 3.21. The van der Waals surface area contributed by atoms with Gasteiger partial charge >= 0.3 is 0 Å². The standard InChI is InChI=1S/C21H26FN7O/c1-15-12-19(29-21(25-15)23-14-24-29)28-10-8-27(9-11-28)13-20(30)26(3)16(2)17-4-6-18(22)7-5-17/h4-7,12,14,16H,8-11,13H2,1-3H3. The normalized spacial score (nSPS) is 16.1. The molecule has 4 rings (SSSR count). The number of amides is 1. The SMILES string of the molecule is Cc1cc(N2CCN(CC(=O)N(C)C(C)c3ccc(F)cc3)CC2)n2ncnc2n1. The number of halogens is 1. The van der Waals surface area contributed by atoms with Gasteiger partial charge in [-0.3, -0.25) is 9.69 Å². The number of aromatic nitrogens is 4. The topological polar surface area (TPSA) is 69.9 Å². The van der Waals surface area contributed by atoms with Gasteiger partial charge in [-0.05, 0) is 31.5 Å². The first-order valence-corrected chi connectivity index (χ1v) is 10.1. The van der Waals surface area contributed by atoms with Crippen molar-refractivity contribution >= 4 is 17.5 Å². The second kappa shape index (κ2) is 8.35. The molecule has 1 aliphatic heterocycles. The number of nitrogens with zero attached hydrogens (tertiary/aromatic N) is 7. The first-order chi connectivity index (χ1) is 14.4. The van der Waals surface area contributed by atoms with E-state index in [0.717, 1.165) is 43.3 Å². The zero-order valence-electron chi connectivity index (χ0n) is 17.5. The van der Waals surface area contributed by atoms with Crippen LogP contribution in [0.1, 0.15) is 24.2 Å². The number of carbonyl (C=O) groups excluding carboxylic acids is 1. The van der Waals surface area contributed by atoms with Gasteiger partial charge in [0.15, 0.2) is 0 Å². The molecule has 3 aromatic rings. The van der Waals surface area contributed by atoms with Crippen LogP contribution in [-0.2, 0) is 4.79 Å². The summed E-state index contributed by atoms with van der Waals surface area (Å²) in [5.41, 5.74) is 1.82. The molecule has 1 amide bonds. The molecule has 30 heavy (non-hydrogen) atoms. The molecule has 9 heteroatoms. The number of likely N-dealkylation sites (N-methyl/N-ethyl adjacent to an activating group) is 1. The Morgan fingerprint density at radius 2 is 1.90 bits per heavy atom. The Bertz CT molecular complexity index is 1030. The van der Waals surface area contributed by atoms with Crippen molar-refractivity contribution in [3.05, 3.63) is 53.7 Å². The maximum atomic E-state index is 13.2. The Balaban J connectivity index is 1.35. The highest BCUT2D eigenvalue weighted by molar-refractivity contribution is 5.78. The van der Waals surface area contributed by atoms with Crippen LogP contribution in [-0.4, -0.2) is 75.1 Å². The van der Waals surface area contributed by atoms with Gasteiger partial charge in [-0.2, -0.15) is 14.6 Å². The molecule has 1 saturated heterocycles. The Morgan fingerprint density at radius 3 is 2.60 bits per heavy atom. The van der Waals surface area contributed by atoms with Crippen LogP contribution in [0.2, 0.25) is 0 Å². The average molecular weight is 411 g/mol. The van der Waals surface area contributed by atoms with Crippen LogP contribution >= 0.6 is 0 Å². The van der Waals surface area contributed by atoms with Crippen molar-refractivity contribution in [2.75, 3.05) is 44.7 Å². The number of aryl methyl sites for hydroxylation is 1. The van der Waals surface area contributed by atoms with Gasteiger partial charge in [-0.15, -0.1) is 0 Å². The molecule has 0 radical (unpaired) electrons.